The van der Waals surface area contributed by atoms with Gasteiger partial charge in [-0.15, -0.1) is 10.2 Å². The minimum absolute atomic E-state index is 0.180. The number of rotatable bonds is 11. The van der Waals surface area contributed by atoms with Crippen LogP contribution in [0, 0.1) is 13.8 Å². The second-order valence-electron chi connectivity index (χ2n) is 9.77. The van der Waals surface area contributed by atoms with Crippen LogP contribution in [-0.4, -0.2) is 63.7 Å². The number of para-hydroxylation sites is 1. The van der Waals surface area contributed by atoms with Crippen molar-refractivity contribution in [1.29, 1.82) is 0 Å². The van der Waals surface area contributed by atoms with Gasteiger partial charge in [0.1, 0.15) is 29.0 Å². The maximum Gasteiger partial charge on any atom is 0.170 e. The predicted octanol–water partition coefficient (Wildman–Crippen LogP) is 4.22. The molecule has 0 radical (unpaired) electrons. The Morgan fingerprint density at radius 1 is 0.900 bits per heavy atom. The molecule has 2 atom stereocenters. The molecule has 12 heteroatoms. The van der Waals surface area contributed by atoms with Crippen LogP contribution < -0.4 is 9.47 Å². The van der Waals surface area contributed by atoms with Gasteiger partial charge in [-0.1, -0.05) is 6.07 Å². The summed E-state index contributed by atoms with van der Waals surface area (Å²) < 4.78 is 46.9. The minimum Gasteiger partial charge on any atom is -0.494 e. The number of ether oxygens (including phenoxy) is 3. The Morgan fingerprint density at radius 3 is 2.12 bits per heavy atom. The van der Waals surface area contributed by atoms with Crippen LogP contribution in [0.1, 0.15) is 49.7 Å². The van der Waals surface area contributed by atoms with Crippen molar-refractivity contribution in [2.75, 3.05) is 14.2 Å². The third-order valence-corrected chi connectivity index (χ3v) is 8.33. The highest BCUT2D eigenvalue weighted by atomic mass is 32.2. The normalized spacial score (nSPS) is 13.3. The van der Waals surface area contributed by atoms with Gasteiger partial charge in [-0.05, 0) is 63.9 Å². The van der Waals surface area contributed by atoms with Gasteiger partial charge in [0, 0.05) is 30.4 Å². The van der Waals surface area contributed by atoms with E-state index < -0.39 is 26.9 Å². The lowest BCUT2D eigenvalue weighted by Gasteiger charge is -2.25. The third-order valence-electron chi connectivity index (χ3n) is 6.29. The number of aryl methyl sites for hydroxylation is 2. The molecule has 0 aliphatic rings. The first-order valence-corrected chi connectivity index (χ1v) is 14.5. The smallest absolute Gasteiger partial charge is 0.170 e. The molecule has 1 aromatic carbocycles. The first-order chi connectivity index (χ1) is 19.1. The van der Waals surface area contributed by atoms with E-state index >= 15 is 0 Å². The fraction of sp³-hybridized carbons (Fsp3) is 0.393. The lowest BCUT2D eigenvalue weighted by atomic mass is 10.2. The number of hydrogen-bond acceptors (Lipinski definition) is 10. The molecule has 0 aliphatic carbocycles. The van der Waals surface area contributed by atoms with E-state index in [1.54, 1.807) is 54.5 Å². The van der Waals surface area contributed by atoms with E-state index in [0.29, 0.717) is 34.4 Å². The fourth-order valence-corrected chi connectivity index (χ4v) is 5.66. The molecule has 0 amide bonds. The molecular weight excluding hydrogens is 532 g/mol. The molecule has 3 heterocycles. The molecule has 40 heavy (non-hydrogen) atoms. The molecule has 212 valence electrons. The third kappa shape index (κ3) is 6.13. The molecule has 11 nitrogen and oxygen atoms in total. The van der Waals surface area contributed by atoms with E-state index in [4.69, 9.17) is 14.2 Å². The second kappa shape index (κ2) is 12.1. The van der Waals surface area contributed by atoms with Crippen LogP contribution >= 0.6 is 0 Å². The van der Waals surface area contributed by atoms with Crippen molar-refractivity contribution in [3.63, 3.8) is 0 Å². The van der Waals surface area contributed by atoms with E-state index in [1.165, 1.54) is 14.2 Å². The van der Waals surface area contributed by atoms with Crippen molar-refractivity contribution in [1.82, 2.24) is 29.7 Å². The number of sulfone groups is 1. The van der Waals surface area contributed by atoms with Crippen LogP contribution in [0.2, 0.25) is 0 Å². The van der Waals surface area contributed by atoms with Gasteiger partial charge in [-0.25, -0.2) is 18.4 Å². The largest absolute Gasteiger partial charge is 0.494 e. The standard InChI is InChI=1S/C28H34N6O5S/c1-17(2)39-26(27-30-13-19(4)14-31-27)20(5)40(35,36)16-24-32-33-28(21-11-18(3)12-29-15-21)34(24)25-22(37-6)9-8-10-23(25)38-7/h8-15,17,20,26H,16H2,1-7H3/t20-,26+/m0/s1. The Morgan fingerprint density at radius 2 is 1.55 bits per heavy atom. The molecule has 0 saturated carbocycles. The maximum atomic E-state index is 14.0. The summed E-state index contributed by atoms with van der Waals surface area (Å²) in [6.45, 7) is 9.06. The van der Waals surface area contributed by atoms with Crippen LogP contribution in [0.4, 0.5) is 0 Å². The molecule has 0 spiro atoms. The Bertz CT molecular complexity index is 1550. The topological polar surface area (TPSA) is 131 Å². The molecule has 4 aromatic rings. The number of benzene rings is 1. The summed E-state index contributed by atoms with van der Waals surface area (Å²) in [5.41, 5.74) is 2.91. The summed E-state index contributed by atoms with van der Waals surface area (Å²) in [7, 11) is -0.824. The van der Waals surface area contributed by atoms with Gasteiger partial charge < -0.3 is 14.2 Å². The predicted molar refractivity (Wildman–Crippen MR) is 150 cm³/mol. The van der Waals surface area contributed by atoms with Crippen LogP contribution in [0.3, 0.4) is 0 Å². The first kappa shape index (κ1) is 29.1. The van der Waals surface area contributed by atoms with E-state index in [1.807, 2.05) is 33.8 Å². The lowest BCUT2D eigenvalue weighted by molar-refractivity contribution is 0.00141. The van der Waals surface area contributed by atoms with Gasteiger partial charge in [0.15, 0.2) is 27.3 Å². The van der Waals surface area contributed by atoms with Crippen LogP contribution in [0.15, 0.2) is 49.1 Å². The van der Waals surface area contributed by atoms with E-state index in [0.717, 1.165) is 11.1 Å². The Labute approximate surface area is 234 Å². The Hall–Kier alpha value is -3.90. The zero-order chi connectivity index (χ0) is 29.0. The monoisotopic (exact) mass is 566 g/mol. The zero-order valence-electron chi connectivity index (χ0n) is 23.7. The lowest BCUT2D eigenvalue weighted by Crippen LogP contribution is -2.32. The highest BCUT2D eigenvalue weighted by Gasteiger charge is 2.36. The maximum absolute atomic E-state index is 14.0. The molecule has 0 bridgehead atoms. The van der Waals surface area contributed by atoms with Gasteiger partial charge in [0.05, 0.1) is 25.6 Å². The molecule has 0 unspecified atom stereocenters. The molecule has 3 aromatic heterocycles. The first-order valence-electron chi connectivity index (χ1n) is 12.8. The summed E-state index contributed by atoms with van der Waals surface area (Å²) >= 11 is 0. The van der Waals surface area contributed by atoms with E-state index in [9.17, 15) is 8.42 Å². The number of hydrogen-bond donors (Lipinski definition) is 0. The zero-order valence-corrected chi connectivity index (χ0v) is 24.5. The number of pyridine rings is 1. The quantitative estimate of drug-likeness (QED) is 0.260. The van der Waals surface area contributed by atoms with Gasteiger partial charge in [-0.3, -0.25) is 9.55 Å². The molecule has 0 N–H and O–H groups in total. The second-order valence-corrected chi connectivity index (χ2v) is 12.1. The summed E-state index contributed by atoms with van der Waals surface area (Å²) in [5.74, 6) is 1.36. The van der Waals surface area contributed by atoms with Crippen molar-refractivity contribution in [3.05, 3.63) is 71.8 Å². The van der Waals surface area contributed by atoms with Gasteiger partial charge >= 0.3 is 0 Å². The van der Waals surface area contributed by atoms with Crippen molar-refractivity contribution >= 4 is 9.84 Å². The highest BCUT2D eigenvalue weighted by Crippen LogP contribution is 2.37. The average molecular weight is 567 g/mol. The van der Waals surface area contributed by atoms with Gasteiger partial charge in [-0.2, -0.15) is 0 Å². The van der Waals surface area contributed by atoms with Crippen LogP contribution in [0.25, 0.3) is 17.1 Å². The molecule has 4 rings (SSSR count). The molecule has 0 aliphatic heterocycles. The van der Waals surface area contributed by atoms with E-state index in [-0.39, 0.29) is 11.9 Å². The van der Waals surface area contributed by atoms with Crippen molar-refractivity contribution in [3.8, 4) is 28.6 Å². The van der Waals surface area contributed by atoms with Crippen molar-refractivity contribution in [2.45, 2.75) is 57.8 Å². The highest BCUT2D eigenvalue weighted by molar-refractivity contribution is 7.91. The number of methoxy groups -OCH3 is 2. The van der Waals surface area contributed by atoms with E-state index in [2.05, 4.69) is 25.1 Å². The number of nitrogens with zero attached hydrogens (tertiary/aromatic N) is 6. The molecule has 0 saturated heterocycles. The fourth-order valence-electron chi connectivity index (χ4n) is 4.29. The van der Waals surface area contributed by atoms with Crippen molar-refractivity contribution in [2.24, 2.45) is 0 Å². The van der Waals surface area contributed by atoms with Crippen molar-refractivity contribution < 1.29 is 22.6 Å². The van der Waals surface area contributed by atoms with Gasteiger partial charge in [0.25, 0.3) is 0 Å². The Kier molecular flexibility index (Phi) is 8.79. The summed E-state index contributed by atoms with van der Waals surface area (Å²) in [5, 5.41) is 7.75. The molecule has 0 fully saturated rings. The summed E-state index contributed by atoms with van der Waals surface area (Å²) in [4.78, 5) is 13.0. The average Bonchev–Trinajstić information content (AvgIpc) is 3.33. The summed E-state index contributed by atoms with van der Waals surface area (Å²) in [6.07, 6.45) is 5.52. The molecular formula is C28H34N6O5S. The SMILES string of the molecule is COc1cccc(OC)c1-n1c(CS(=O)(=O)[C@@H](C)[C@@H](OC(C)C)c2ncc(C)cn2)nnc1-c1cncc(C)c1. The van der Waals surface area contributed by atoms with Crippen LogP contribution in [0.5, 0.6) is 11.5 Å². The summed E-state index contributed by atoms with van der Waals surface area (Å²) in [6, 6.07) is 7.21. The minimum atomic E-state index is -3.89. The Balaban J connectivity index is 1.85. The number of aromatic nitrogens is 6. The van der Waals surface area contributed by atoms with Gasteiger partial charge in [0.2, 0.25) is 0 Å². The van der Waals surface area contributed by atoms with Crippen LogP contribution in [-0.2, 0) is 20.3 Å².